The molecule has 0 bridgehead atoms. The highest BCUT2D eigenvalue weighted by molar-refractivity contribution is 5.75. The average Bonchev–Trinajstić information content (AvgIpc) is 2.11. The summed E-state index contributed by atoms with van der Waals surface area (Å²) in [5, 5.41) is 8.27. The van der Waals surface area contributed by atoms with Crippen LogP contribution in [-0.2, 0) is 6.42 Å². The second-order valence-corrected chi connectivity index (χ2v) is 2.42. The van der Waals surface area contributed by atoms with Gasteiger partial charge in [-0.25, -0.2) is 8.78 Å². The number of rotatable bonds is 2. The van der Waals surface area contributed by atoms with Gasteiger partial charge in [0, 0.05) is 5.56 Å². The van der Waals surface area contributed by atoms with Gasteiger partial charge in [-0.2, -0.15) is 5.26 Å². The fourth-order valence-electron chi connectivity index (χ4n) is 0.968. The van der Waals surface area contributed by atoms with Crippen molar-refractivity contribution in [3.05, 3.63) is 34.9 Å². The summed E-state index contributed by atoms with van der Waals surface area (Å²) in [6, 6.07) is 3.38. The van der Waals surface area contributed by atoms with Crippen molar-refractivity contribution >= 4 is 6.29 Å². The van der Waals surface area contributed by atoms with Crippen LogP contribution in [0.5, 0.6) is 0 Å². The van der Waals surface area contributed by atoms with E-state index in [1.165, 1.54) is 0 Å². The van der Waals surface area contributed by atoms with Crippen LogP contribution in [0.25, 0.3) is 0 Å². The Bertz CT molecular complexity index is 382. The lowest BCUT2D eigenvalue weighted by Gasteiger charge is -2.00. The van der Waals surface area contributed by atoms with Crippen LogP contribution >= 0.6 is 0 Å². The largest absolute Gasteiger partial charge is 0.298 e. The molecular weight excluding hydrogens is 176 g/mol. The number of halogens is 2. The topological polar surface area (TPSA) is 40.9 Å². The molecule has 1 aromatic carbocycles. The molecular formula is C9H5F2NO. The summed E-state index contributed by atoms with van der Waals surface area (Å²) in [6.07, 6.45) is -0.0241. The van der Waals surface area contributed by atoms with E-state index >= 15 is 0 Å². The van der Waals surface area contributed by atoms with Crippen LogP contribution in [0.15, 0.2) is 12.1 Å². The van der Waals surface area contributed by atoms with E-state index in [1.54, 1.807) is 6.07 Å². The van der Waals surface area contributed by atoms with Gasteiger partial charge in [-0.15, -0.1) is 0 Å². The molecule has 1 aromatic rings. The molecule has 0 atom stereocenters. The molecule has 0 aliphatic carbocycles. The molecule has 0 saturated heterocycles. The summed E-state index contributed by atoms with van der Waals surface area (Å²) in [4.78, 5) is 10.2. The Labute approximate surface area is 73.4 Å². The highest BCUT2D eigenvalue weighted by Gasteiger charge is 2.09. The lowest BCUT2D eigenvalue weighted by atomic mass is 10.1. The number of aldehydes is 1. The van der Waals surface area contributed by atoms with E-state index in [9.17, 15) is 13.6 Å². The molecule has 0 fully saturated rings. The van der Waals surface area contributed by atoms with E-state index in [-0.39, 0.29) is 23.8 Å². The van der Waals surface area contributed by atoms with Crippen molar-refractivity contribution in [3.63, 3.8) is 0 Å². The lowest BCUT2D eigenvalue weighted by molar-refractivity contribution is 0.111. The van der Waals surface area contributed by atoms with Crippen LogP contribution in [0.3, 0.4) is 0 Å². The molecule has 1 rings (SSSR count). The molecule has 13 heavy (non-hydrogen) atoms. The number of benzene rings is 1. The third-order valence-electron chi connectivity index (χ3n) is 1.54. The van der Waals surface area contributed by atoms with Crippen LogP contribution in [0.1, 0.15) is 15.9 Å². The number of nitriles is 1. The minimum atomic E-state index is -0.821. The van der Waals surface area contributed by atoms with Crippen LogP contribution < -0.4 is 0 Å². The van der Waals surface area contributed by atoms with Gasteiger partial charge in [0.05, 0.1) is 18.1 Å². The molecule has 0 radical (unpaired) electrons. The van der Waals surface area contributed by atoms with Crippen LogP contribution in [0.2, 0.25) is 0 Å². The van der Waals surface area contributed by atoms with Crippen LogP contribution in [0, 0.1) is 23.0 Å². The SMILES string of the molecule is N#CCc1cc(F)cc(C=O)c1F. The van der Waals surface area contributed by atoms with E-state index in [1.807, 2.05) is 0 Å². The first-order valence-corrected chi connectivity index (χ1v) is 3.49. The van der Waals surface area contributed by atoms with Gasteiger partial charge < -0.3 is 0 Å². The van der Waals surface area contributed by atoms with Gasteiger partial charge in [0.25, 0.3) is 0 Å². The predicted octanol–water partition coefficient (Wildman–Crippen LogP) is 1.84. The van der Waals surface area contributed by atoms with E-state index in [0.29, 0.717) is 0 Å². The van der Waals surface area contributed by atoms with Gasteiger partial charge in [0.2, 0.25) is 0 Å². The van der Waals surface area contributed by atoms with Crippen molar-refractivity contribution < 1.29 is 13.6 Å². The number of carbonyl (C=O) groups is 1. The minimum absolute atomic E-state index is 0.0930. The monoisotopic (exact) mass is 181 g/mol. The first kappa shape index (κ1) is 9.33. The maximum atomic E-state index is 13.1. The Morgan fingerprint density at radius 1 is 1.46 bits per heavy atom. The van der Waals surface area contributed by atoms with Gasteiger partial charge in [-0.1, -0.05) is 0 Å². The molecule has 4 heteroatoms. The van der Waals surface area contributed by atoms with E-state index in [0.717, 1.165) is 12.1 Å². The number of carbonyl (C=O) groups excluding carboxylic acids is 1. The molecule has 0 unspecified atom stereocenters. The summed E-state index contributed by atoms with van der Waals surface area (Å²) in [5.74, 6) is -1.54. The quantitative estimate of drug-likeness (QED) is 0.653. The summed E-state index contributed by atoms with van der Waals surface area (Å²) in [6.45, 7) is 0. The van der Waals surface area contributed by atoms with Crippen molar-refractivity contribution in [3.8, 4) is 6.07 Å². The van der Waals surface area contributed by atoms with Crippen molar-refractivity contribution in [2.75, 3.05) is 0 Å². The van der Waals surface area contributed by atoms with Gasteiger partial charge in [-0.05, 0) is 12.1 Å². The van der Waals surface area contributed by atoms with Gasteiger partial charge >= 0.3 is 0 Å². The lowest BCUT2D eigenvalue weighted by Crippen LogP contribution is -1.97. The average molecular weight is 181 g/mol. The Balaban J connectivity index is 3.28. The summed E-state index contributed by atoms with van der Waals surface area (Å²) in [5.41, 5.74) is -0.449. The molecule has 66 valence electrons. The molecule has 0 aliphatic rings. The van der Waals surface area contributed by atoms with Crippen molar-refractivity contribution in [1.29, 1.82) is 5.26 Å². The molecule has 0 aromatic heterocycles. The van der Waals surface area contributed by atoms with E-state index in [4.69, 9.17) is 5.26 Å². The standard InChI is InChI=1S/C9H5F2NO/c10-8-3-6(1-2-12)9(11)7(4-8)5-13/h3-5H,1H2. The summed E-state index contributed by atoms with van der Waals surface area (Å²) in [7, 11) is 0. The number of hydrogen-bond acceptors (Lipinski definition) is 2. The molecule has 0 saturated carbocycles. The normalized spacial score (nSPS) is 9.31. The maximum absolute atomic E-state index is 13.1. The van der Waals surface area contributed by atoms with Gasteiger partial charge in [-0.3, -0.25) is 4.79 Å². The van der Waals surface area contributed by atoms with Crippen LogP contribution in [-0.4, -0.2) is 6.29 Å². The Kier molecular flexibility index (Phi) is 2.70. The molecule has 0 amide bonds. The summed E-state index contributed by atoms with van der Waals surface area (Å²) < 4.78 is 25.8. The second kappa shape index (κ2) is 3.76. The fourth-order valence-corrected chi connectivity index (χ4v) is 0.968. The highest BCUT2D eigenvalue weighted by atomic mass is 19.1. The Morgan fingerprint density at radius 2 is 2.15 bits per heavy atom. The second-order valence-electron chi connectivity index (χ2n) is 2.42. The Hall–Kier alpha value is -1.76. The van der Waals surface area contributed by atoms with Crippen molar-refractivity contribution in [2.24, 2.45) is 0 Å². The smallest absolute Gasteiger partial charge is 0.153 e. The molecule has 0 spiro atoms. The third-order valence-corrected chi connectivity index (χ3v) is 1.54. The molecule has 0 heterocycles. The zero-order valence-electron chi connectivity index (χ0n) is 6.55. The van der Waals surface area contributed by atoms with Crippen molar-refractivity contribution in [1.82, 2.24) is 0 Å². The molecule has 0 N–H and O–H groups in total. The zero-order valence-corrected chi connectivity index (χ0v) is 6.55. The van der Waals surface area contributed by atoms with Gasteiger partial charge in [0.15, 0.2) is 6.29 Å². The third kappa shape index (κ3) is 1.88. The maximum Gasteiger partial charge on any atom is 0.153 e. The first-order chi connectivity index (χ1) is 6.19. The minimum Gasteiger partial charge on any atom is -0.298 e. The molecule has 0 aliphatic heterocycles. The molecule has 2 nitrogen and oxygen atoms in total. The number of hydrogen-bond donors (Lipinski definition) is 0. The predicted molar refractivity (Wildman–Crippen MR) is 41.1 cm³/mol. The van der Waals surface area contributed by atoms with Crippen LogP contribution in [0.4, 0.5) is 8.78 Å². The first-order valence-electron chi connectivity index (χ1n) is 3.49. The van der Waals surface area contributed by atoms with Crippen molar-refractivity contribution in [2.45, 2.75) is 6.42 Å². The fraction of sp³-hybridized carbons (Fsp3) is 0.111. The van der Waals surface area contributed by atoms with E-state index < -0.39 is 11.6 Å². The summed E-state index contributed by atoms with van der Waals surface area (Å²) >= 11 is 0. The Morgan fingerprint density at radius 3 is 2.69 bits per heavy atom. The van der Waals surface area contributed by atoms with Gasteiger partial charge in [0.1, 0.15) is 11.6 Å². The highest BCUT2D eigenvalue weighted by Crippen LogP contribution is 2.14. The van der Waals surface area contributed by atoms with E-state index in [2.05, 4.69) is 0 Å². The zero-order chi connectivity index (χ0) is 9.84. The number of nitrogens with zero attached hydrogens (tertiary/aromatic N) is 1.